The summed E-state index contributed by atoms with van der Waals surface area (Å²) in [4.78, 5) is 18.0. The van der Waals surface area contributed by atoms with Crippen LogP contribution in [0.25, 0.3) is 22.5 Å². The SMILES string of the molecule is CCC(C(=O)NCCSc1nc(-c2ccc(OC)cc2)c(-c2ccc(OC)cc2)n1CC)c1ccccc1. The number of carbonyl (C=O) groups is 1. The van der Waals surface area contributed by atoms with Gasteiger partial charge >= 0.3 is 0 Å². The van der Waals surface area contributed by atoms with E-state index in [9.17, 15) is 4.79 Å². The van der Waals surface area contributed by atoms with Crippen molar-refractivity contribution in [2.45, 2.75) is 37.9 Å². The lowest BCUT2D eigenvalue weighted by Crippen LogP contribution is -2.31. The quantitative estimate of drug-likeness (QED) is 0.164. The average Bonchev–Trinajstić information content (AvgIpc) is 3.34. The Morgan fingerprint density at radius 3 is 2.05 bits per heavy atom. The predicted molar refractivity (Wildman–Crippen MR) is 155 cm³/mol. The number of rotatable bonds is 12. The van der Waals surface area contributed by atoms with E-state index in [1.807, 2.05) is 73.7 Å². The minimum Gasteiger partial charge on any atom is -0.497 e. The summed E-state index contributed by atoms with van der Waals surface area (Å²) in [6.07, 6.45) is 0.764. The number of benzene rings is 3. The summed E-state index contributed by atoms with van der Waals surface area (Å²) in [7, 11) is 3.34. The van der Waals surface area contributed by atoms with Gasteiger partial charge in [0.25, 0.3) is 0 Å². The normalized spacial score (nSPS) is 11.7. The van der Waals surface area contributed by atoms with Gasteiger partial charge in [-0.2, -0.15) is 0 Å². The van der Waals surface area contributed by atoms with Crippen LogP contribution in [-0.4, -0.2) is 42.0 Å². The zero-order valence-electron chi connectivity index (χ0n) is 22.4. The van der Waals surface area contributed by atoms with E-state index >= 15 is 0 Å². The van der Waals surface area contributed by atoms with Crippen molar-refractivity contribution >= 4 is 17.7 Å². The number of ether oxygens (including phenoxy) is 2. The Morgan fingerprint density at radius 1 is 0.895 bits per heavy atom. The number of hydrogen-bond donors (Lipinski definition) is 1. The van der Waals surface area contributed by atoms with Crippen LogP contribution in [0.2, 0.25) is 0 Å². The van der Waals surface area contributed by atoms with E-state index in [1.54, 1.807) is 26.0 Å². The zero-order chi connectivity index (χ0) is 26.9. The number of nitrogens with zero attached hydrogens (tertiary/aromatic N) is 2. The van der Waals surface area contributed by atoms with Gasteiger partial charge in [-0.05, 0) is 67.4 Å². The van der Waals surface area contributed by atoms with Crippen LogP contribution in [0.5, 0.6) is 11.5 Å². The molecular formula is C31H35N3O3S. The van der Waals surface area contributed by atoms with E-state index in [2.05, 4.69) is 28.9 Å². The van der Waals surface area contributed by atoms with Crippen molar-refractivity contribution in [3.63, 3.8) is 0 Å². The number of nitrogens with one attached hydrogen (secondary N) is 1. The van der Waals surface area contributed by atoms with Crippen molar-refractivity contribution in [2.75, 3.05) is 26.5 Å². The maximum atomic E-state index is 12.9. The van der Waals surface area contributed by atoms with Gasteiger partial charge in [-0.15, -0.1) is 0 Å². The Hall–Kier alpha value is -3.71. The molecule has 7 heteroatoms. The van der Waals surface area contributed by atoms with E-state index < -0.39 is 0 Å². The van der Waals surface area contributed by atoms with Crippen LogP contribution in [0.15, 0.2) is 84.0 Å². The van der Waals surface area contributed by atoms with E-state index in [0.717, 1.165) is 63.5 Å². The highest BCUT2D eigenvalue weighted by molar-refractivity contribution is 7.99. The van der Waals surface area contributed by atoms with Crippen molar-refractivity contribution in [1.82, 2.24) is 14.9 Å². The van der Waals surface area contributed by atoms with E-state index in [0.29, 0.717) is 6.54 Å². The molecule has 0 radical (unpaired) electrons. The molecule has 0 fully saturated rings. The summed E-state index contributed by atoms with van der Waals surface area (Å²) in [5, 5.41) is 4.05. The summed E-state index contributed by atoms with van der Waals surface area (Å²) in [6.45, 7) is 5.51. The fraction of sp³-hybridized carbons (Fsp3) is 0.290. The number of imidazole rings is 1. The third-order valence-corrected chi connectivity index (χ3v) is 7.51. The van der Waals surface area contributed by atoms with Crippen LogP contribution in [0.4, 0.5) is 0 Å². The molecule has 0 aliphatic heterocycles. The molecule has 1 amide bonds. The third-order valence-electron chi connectivity index (χ3n) is 6.53. The van der Waals surface area contributed by atoms with E-state index in [-0.39, 0.29) is 11.8 Å². The summed E-state index contributed by atoms with van der Waals surface area (Å²) < 4.78 is 13.0. The number of methoxy groups -OCH3 is 2. The standard InChI is InChI=1S/C31H35N3O3S/c1-5-27(22-10-8-7-9-11-22)30(35)32-20-21-38-31-33-28(23-12-16-25(36-3)17-13-23)29(34(31)6-2)24-14-18-26(37-4)19-15-24/h7-19,27H,5-6,20-21H2,1-4H3,(H,32,35). The van der Waals surface area contributed by atoms with Crippen molar-refractivity contribution in [2.24, 2.45) is 0 Å². The molecule has 3 aromatic carbocycles. The van der Waals surface area contributed by atoms with Crippen LogP contribution in [0, 0.1) is 0 Å². The maximum absolute atomic E-state index is 12.9. The van der Waals surface area contributed by atoms with Crippen molar-refractivity contribution in [1.29, 1.82) is 0 Å². The molecule has 0 bridgehead atoms. The van der Waals surface area contributed by atoms with Crippen LogP contribution in [-0.2, 0) is 11.3 Å². The molecule has 1 atom stereocenters. The average molecular weight is 530 g/mol. The lowest BCUT2D eigenvalue weighted by atomic mass is 9.96. The first-order valence-electron chi connectivity index (χ1n) is 12.9. The van der Waals surface area contributed by atoms with Gasteiger partial charge in [0.05, 0.1) is 31.5 Å². The molecule has 1 aromatic heterocycles. The zero-order valence-corrected chi connectivity index (χ0v) is 23.3. The minimum absolute atomic E-state index is 0.0657. The van der Waals surface area contributed by atoms with Gasteiger partial charge in [-0.3, -0.25) is 4.79 Å². The van der Waals surface area contributed by atoms with E-state index in [1.165, 1.54) is 0 Å². The molecule has 6 nitrogen and oxygen atoms in total. The van der Waals surface area contributed by atoms with Crippen molar-refractivity contribution in [3.8, 4) is 34.0 Å². The lowest BCUT2D eigenvalue weighted by Gasteiger charge is -2.15. The number of thioether (sulfide) groups is 1. The Balaban J connectivity index is 1.55. The van der Waals surface area contributed by atoms with Gasteiger partial charge in [0, 0.05) is 30.0 Å². The van der Waals surface area contributed by atoms with Crippen LogP contribution < -0.4 is 14.8 Å². The Labute approximate surface area is 229 Å². The molecule has 198 valence electrons. The monoisotopic (exact) mass is 529 g/mol. The summed E-state index contributed by atoms with van der Waals surface area (Å²) >= 11 is 1.66. The maximum Gasteiger partial charge on any atom is 0.227 e. The molecule has 1 N–H and O–H groups in total. The molecule has 0 saturated carbocycles. The highest BCUT2D eigenvalue weighted by atomic mass is 32.2. The summed E-state index contributed by atoms with van der Waals surface area (Å²) in [5.74, 6) is 2.27. The molecular weight excluding hydrogens is 494 g/mol. The second-order valence-electron chi connectivity index (χ2n) is 8.80. The van der Waals surface area contributed by atoms with Gasteiger partial charge in [0.2, 0.25) is 5.91 Å². The van der Waals surface area contributed by atoms with Crippen LogP contribution >= 0.6 is 11.8 Å². The molecule has 4 aromatic rings. The Kier molecular flexibility index (Phi) is 9.49. The minimum atomic E-state index is -0.137. The molecule has 0 saturated heterocycles. The predicted octanol–water partition coefficient (Wildman–Crippen LogP) is 6.66. The van der Waals surface area contributed by atoms with Crippen molar-refractivity contribution in [3.05, 3.63) is 84.4 Å². The van der Waals surface area contributed by atoms with E-state index in [4.69, 9.17) is 14.5 Å². The number of carbonyl (C=O) groups excluding carboxylic acids is 1. The first kappa shape index (κ1) is 27.3. The second kappa shape index (κ2) is 13.2. The van der Waals surface area contributed by atoms with Gasteiger partial charge in [0.15, 0.2) is 5.16 Å². The highest BCUT2D eigenvalue weighted by Crippen LogP contribution is 2.37. The first-order chi connectivity index (χ1) is 18.6. The molecule has 4 rings (SSSR count). The summed E-state index contributed by atoms with van der Waals surface area (Å²) in [5.41, 5.74) is 5.12. The fourth-order valence-corrected chi connectivity index (χ4v) is 5.44. The molecule has 1 unspecified atom stereocenters. The summed E-state index contributed by atoms with van der Waals surface area (Å²) in [6, 6.07) is 26.0. The third kappa shape index (κ3) is 6.22. The number of aromatic nitrogens is 2. The van der Waals surface area contributed by atoms with Crippen molar-refractivity contribution < 1.29 is 14.3 Å². The van der Waals surface area contributed by atoms with Gasteiger partial charge in [0.1, 0.15) is 11.5 Å². The van der Waals surface area contributed by atoms with Crippen LogP contribution in [0.3, 0.4) is 0 Å². The Morgan fingerprint density at radius 2 is 1.50 bits per heavy atom. The lowest BCUT2D eigenvalue weighted by molar-refractivity contribution is -0.122. The van der Waals surface area contributed by atoms with Crippen LogP contribution in [0.1, 0.15) is 31.7 Å². The molecule has 0 spiro atoms. The fourth-order valence-electron chi connectivity index (χ4n) is 4.53. The van der Waals surface area contributed by atoms with Gasteiger partial charge in [-0.1, -0.05) is 49.0 Å². The van der Waals surface area contributed by atoms with Gasteiger partial charge in [-0.25, -0.2) is 4.98 Å². The number of hydrogen-bond acceptors (Lipinski definition) is 5. The molecule has 38 heavy (non-hydrogen) atoms. The van der Waals surface area contributed by atoms with Gasteiger partial charge < -0.3 is 19.4 Å². The highest BCUT2D eigenvalue weighted by Gasteiger charge is 2.21. The Bertz CT molecular complexity index is 1320. The largest absolute Gasteiger partial charge is 0.497 e. The molecule has 0 aliphatic carbocycles. The first-order valence-corrected chi connectivity index (χ1v) is 13.9. The molecule has 1 heterocycles. The smallest absolute Gasteiger partial charge is 0.227 e. The molecule has 0 aliphatic rings. The topological polar surface area (TPSA) is 65.4 Å². The second-order valence-corrected chi connectivity index (χ2v) is 9.87. The number of amides is 1.